The van der Waals surface area contributed by atoms with Crippen LogP contribution in [0.1, 0.15) is 19.4 Å². The van der Waals surface area contributed by atoms with E-state index in [1.165, 1.54) is 41.3 Å². The van der Waals surface area contributed by atoms with Crippen LogP contribution in [0.2, 0.25) is 0 Å². The molecule has 0 unspecified atom stereocenters. The minimum Gasteiger partial charge on any atom is -0.355 e. The van der Waals surface area contributed by atoms with Gasteiger partial charge in [0.1, 0.15) is 12.6 Å². The van der Waals surface area contributed by atoms with E-state index < -0.39 is 33.4 Å². The van der Waals surface area contributed by atoms with E-state index in [1.807, 2.05) is 30.3 Å². The van der Waals surface area contributed by atoms with Crippen LogP contribution in [0.15, 0.2) is 89.8 Å². The molecular weight excluding hydrogens is 508 g/mol. The summed E-state index contributed by atoms with van der Waals surface area (Å²) in [5.74, 6) is -0.945. The summed E-state index contributed by atoms with van der Waals surface area (Å²) in [6, 6.07) is 21.1. The van der Waals surface area contributed by atoms with Crippen molar-refractivity contribution < 1.29 is 22.9 Å². The highest BCUT2D eigenvalue weighted by Gasteiger charge is 2.32. The van der Waals surface area contributed by atoms with Gasteiger partial charge < -0.3 is 10.2 Å². The van der Waals surface area contributed by atoms with E-state index in [0.29, 0.717) is 13.0 Å². The Morgan fingerprint density at radius 2 is 1.53 bits per heavy atom. The van der Waals surface area contributed by atoms with Crippen LogP contribution >= 0.6 is 0 Å². The lowest BCUT2D eigenvalue weighted by atomic mass is 10.1. The van der Waals surface area contributed by atoms with Gasteiger partial charge in [0.05, 0.1) is 15.5 Å². The zero-order valence-electron chi connectivity index (χ0n) is 21.2. The van der Waals surface area contributed by atoms with Crippen molar-refractivity contribution in [2.75, 3.05) is 23.9 Å². The molecule has 0 saturated heterocycles. The molecule has 3 rings (SSSR count). The number of amides is 2. The molecule has 200 valence electrons. The predicted octanol–water partition coefficient (Wildman–Crippen LogP) is 3.39. The first-order valence-corrected chi connectivity index (χ1v) is 13.5. The number of non-ortho nitro benzene ring substituents is 1. The number of rotatable bonds is 12. The van der Waals surface area contributed by atoms with Crippen LogP contribution < -0.4 is 9.62 Å². The maximum Gasteiger partial charge on any atom is 0.269 e. The molecule has 0 bridgehead atoms. The summed E-state index contributed by atoms with van der Waals surface area (Å²) in [6.45, 7) is 3.31. The second-order valence-corrected chi connectivity index (χ2v) is 10.4. The third-order valence-corrected chi connectivity index (χ3v) is 7.75. The van der Waals surface area contributed by atoms with Gasteiger partial charge >= 0.3 is 0 Å². The summed E-state index contributed by atoms with van der Waals surface area (Å²) in [6.07, 6.45) is 0.458. The summed E-state index contributed by atoms with van der Waals surface area (Å²) in [5.41, 5.74) is 0.825. The molecule has 0 aliphatic rings. The van der Waals surface area contributed by atoms with E-state index in [9.17, 15) is 28.1 Å². The molecule has 0 aliphatic heterocycles. The monoisotopic (exact) mass is 538 g/mol. The van der Waals surface area contributed by atoms with Crippen molar-refractivity contribution in [3.63, 3.8) is 0 Å². The molecule has 10 nitrogen and oxygen atoms in total. The first-order chi connectivity index (χ1) is 18.1. The van der Waals surface area contributed by atoms with Gasteiger partial charge in [-0.05, 0) is 50.1 Å². The number of benzene rings is 3. The van der Waals surface area contributed by atoms with Crippen LogP contribution in [0.3, 0.4) is 0 Å². The fraction of sp³-hybridized carbons (Fsp3) is 0.259. The van der Waals surface area contributed by atoms with Gasteiger partial charge in [-0.3, -0.25) is 24.0 Å². The highest BCUT2D eigenvalue weighted by Crippen LogP contribution is 2.26. The smallest absolute Gasteiger partial charge is 0.269 e. The number of sulfonamides is 1. The van der Waals surface area contributed by atoms with Crippen molar-refractivity contribution in [1.29, 1.82) is 0 Å². The SMILES string of the molecule is CCNC(=O)[C@@H](C)N(CCc1ccccc1)C(=O)CN(c1ccc([N+](=O)[O-])cc1)S(=O)(=O)c1ccccc1. The van der Waals surface area contributed by atoms with Gasteiger partial charge in [-0.2, -0.15) is 0 Å². The van der Waals surface area contributed by atoms with Gasteiger partial charge in [-0.15, -0.1) is 0 Å². The maximum atomic E-state index is 13.7. The summed E-state index contributed by atoms with van der Waals surface area (Å²) in [4.78, 5) is 38.2. The van der Waals surface area contributed by atoms with Gasteiger partial charge in [-0.1, -0.05) is 48.5 Å². The fourth-order valence-electron chi connectivity index (χ4n) is 3.88. The number of nitro groups is 1. The zero-order valence-corrected chi connectivity index (χ0v) is 22.0. The summed E-state index contributed by atoms with van der Waals surface area (Å²) >= 11 is 0. The number of likely N-dealkylation sites (N-methyl/N-ethyl adjacent to an activating group) is 1. The molecule has 11 heteroatoms. The summed E-state index contributed by atoms with van der Waals surface area (Å²) in [7, 11) is -4.22. The lowest BCUT2D eigenvalue weighted by Crippen LogP contribution is -2.52. The van der Waals surface area contributed by atoms with Crippen LogP contribution in [-0.2, 0) is 26.0 Å². The highest BCUT2D eigenvalue weighted by molar-refractivity contribution is 7.92. The largest absolute Gasteiger partial charge is 0.355 e. The van der Waals surface area contributed by atoms with Crippen molar-refractivity contribution >= 4 is 33.2 Å². The third kappa shape index (κ3) is 6.94. The third-order valence-electron chi connectivity index (χ3n) is 5.96. The van der Waals surface area contributed by atoms with E-state index in [0.717, 1.165) is 9.87 Å². The number of nitrogens with zero attached hydrogens (tertiary/aromatic N) is 3. The quantitative estimate of drug-likeness (QED) is 0.278. The van der Waals surface area contributed by atoms with Gasteiger partial charge in [0.25, 0.3) is 15.7 Å². The van der Waals surface area contributed by atoms with Gasteiger partial charge in [0.15, 0.2) is 0 Å². The molecule has 38 heavy (non-hydrogen) atoms. The van der Waals surface area contributed by atoms with Crippen LogP contribution in [-0.4, -0.2) is 55.7 Å². The molecule has 3 aromatic carbocycles. The second-order valence-electron chi connectivity index (χ2n) is 8.49. The lowest BCUT2D eigenvalue weighted by Gasteiger charge is -2.32. The van der Waals surface area contributed by atoms with E-state index >= 15 is 0 Å². The molecule has 0 aliphatic carbocycles. The molecule has 0 radical (unpaired) electrons. The number of nitrogens with one attached hydrogen (secondary N) is 1. The minimum absolute atomic E-state index is 0.0428. The second kappa shape index (κ2) is 12.8. The zero-order chi connectivity index (χ0) is 27.7. The molecule has 1 atom stereocenters. The number of hydrogen-bond donors (Lipinski definition) is 1. The highest BCUT2D eigenvalue weighted by atomic mass is 32.2. The number of nitro benzene ring substituents is 1. The Labute approximate surface area is 222 Å². The van der Waals surface area contributed by atoms with E-state index in [1.54, 1.807) is 32.0 Å². The number of carbonyl (C=O) groups is 2. The molecule has 1 N–H and O–H groups in total. The van der Waals surface area contributed by atoms with Gasteiger partial charge in [0.2, 0.25) is 11.8 Å². The molecule has 0 fully saturated rings. The Morgan fingerprint density at radius 1 is 0.947 bits per heavy atom. The first-order valence-electron chi connectivity index (χ1n) is 12.1. The van der Waals surface area contributed by atoms with Crippen LogP contribution in [0.4, 0.5) is 11.4 Å². The Balaban J connectivity index is 1.98. The Hall–Kier alpha value is -4.25. The van der Waals surface area contributed by atoms with E-state index in [-0.39, 0.29) is 28.7 Å². The molecule has 0 spiro atoms. The van der Waals surface area contributed by atoms with Crippen LogP contribution in [0.25, 0.3) is 0 Å². The average Bonchev–Trinajstić information content (AvgIpc) is 2.93. The van der Waals surface area contributed by atoms with E-state index in [2.05, 4.69) is 5.32 Å². The van der Waals surface area contributed by atoms with Crippen LogP contribution in [0.5, 0.6) is 0 Å². The van der Waals surface area contributed by atoms with Crippen molar-refractivity contribution in [2.45, 2.75) is 31.2 Å². The van der Waals surface area contributed by atoms with Crippen molar-refractivity contribution in [3.8, 4) is 0 Å². The minimum atomic E-state index is -4.22. The Kier molecular flexibility index (Phi) is 9.55. The summed E-state index contributed by atoms with van der Waals surface area (Å²) < 4.78 is 28.2. The normalized spacial score (nSPS) is 11.8. The summed E-state index contributed by atoms with van der Waals surface area (Å²) in [5, 5.41) is 13.8. The van der Waals surface area contributed by atoms with Gasteiger partial charge in [0, 0.05) is 25.2 Å². The van der Waals surface area contributed by atoms with Crippen LogP contribution in [0, 0.1) is 10.1 Å². The standard InChI is InChI=1S/C27H30N4O6S/c1-3-28-27(33)21(2)29(19-18-22-10-6-4-7-11-22)26(32)20-30(23-14-16-24(17-15-23)31(34)35)38(36,37)25-12-8-5-9-13-25/h4-17,21H,3,18-20H2,1-2H3,(H,28,33)/t21-/m1/s1. The number of carbonyl (C=O) groups excluding carboxylic acids is 2. The average molecular weight is 539 g/mol. The molecular formula is C27H30N4O6S. The number of anilines is 1. The predicted molar refractivity (Wildman–Crippen MR) is 144 cm³/mol. The van der Waals surface area contributed by atoms with Gasteiger partial charge in [-0.25, -0.2) is 8.42 Å². The Bertz CT molecular complexity index is 1350. The molecule has 0 heterocycles. The maximum absolute atomic E-state index is 13.7. The lowest BCUT2D eigenvalue weighted by molar-refractivity contribution is -0.384. The fourth-order valence-corrected chi connectivity index (χ4v) is 5.32. The van der Waals surface area contributed by atoms with E-state index in [4.69, 9.17) is 0 Å². The molecule has 0 aromatic heterocycles. The molecule has 2 amide bonds. The Morgan fingerprint density at radius 3 is 2.08 bits per heavy atom. The first kappa shape index (κ1) is 28.3. The molecule has 3 aromatic rings. The van der Waals surface area contributed by atoms with Crippen molar-refractivity contribution in [2.24, 2.45) is 0 Å². The number of hydrogen-bond acceptors (Lipinski definition) is 6. The molecule has 0 saturated carbocycles. The topological polar surface area (TPSA) is 130 Å². The van der Waals surface area contributed by atoms with Crippen molar-refractivity contribution in [1.82, 2.24) is 10.2 Å². The van der Waals surface area contributed by atoms with Crippen molar-refractivity contribution in [3.05, 3.63) is 101 Å².